The van der Waals surface area contributed by atoms with Crippen LogP contribution in [0.4, 0.5) is 0 Å². The van der Waals surface area contributed by atoms with Crippen molar-refractivity contribution < 1.29 is 9.21 Å². The molecule has 3 rings (SSSR count). The van der Waals surface area contributed by atoms with E-state index in [1.54, 1.807) is 6.92 Å². The average Bonchev–Trinajstić information content (AvgIpc) is 2.97. The molecule has 0 aliphatic heterocycles. The van der Waals surface area contributed by atoms with Crippen molar-refractivity contribution in [2.24, 2.45) is 0 Å². The molecule has 1 heterocycles. The van der Waals surface area contributed by atoms with Crippen molar-refractivity contribution in [3.8, 4) is 0 Å². The van der Waals surface area contributed by atoms with E-state index in [0.29, 0.717) is 6.54 Å². The van der Waals surface area contributed by atoms with Crippen LogP contribution in [0.2, 0.25) is 0 Å². The van der Waals surface area contributed by atoms with E-state index in [9.17, 15) is 4.79 Å². The van der Waals surface area contributed by atoms with Gasteiger partial charge in [-0.1, -0.05) is 24.3 Å². The minimum atomic E-state index is 0.0910. The number of para-hydroxylation sites is 1. The summed E-state index contributed by atoms with van der Waals surface area (Å²) in [6, 6.07) is 12.3. The summed E-state index contributed by atoms with van der Waals surface area (Å²) in [5.41, 5.74) is 6.29. The third-order valence-corrected chi connectivity index (χ3v) is 4.94. The number of Topliss-reactive ketones (excluding diaryl/α,β-unsaturated/α-hetero) is 1. The quantitative estimate of drug-likeness (QED) is 0.634. The number of nitrogens with one attached hydrogen (secondary N) is 1. The summed E-state index contributed by atoms with van der Waals surface area (Å²) in [6.45, 7) is 10.6. The van der Waals surface area contributed by atoms with E-state index in [1.807, 2.05) is 32.0 Å². The molecule has 25 heavy (non-hydrogen) atoms. The lowest BCUT2D eigenvalue weighted by molar-refractivity contribution is 0.101. The van der Waals surface area contributed by atoms with Crippen LogP contribution in [-0.4, -0.2) is 5.78 Å². The van der Waals surface area contributed by atoms with Crippen LogP contribution in [0, 0.1) is 20.8 Å². The zero-order valence-electron chi connectivity index (χ0n) is 15.6. The molecule has 2 aromatic carbocycles. The van der Waals surface area contributed by atoms with Crippen molar-refractivity contribution in [3.05, 3.63) is 70.0 Å². The highest BCUT2D eigenvalue weighted by molar-refractivity contribution is 5.97. The molecule has 1 atom stereocenters. The molecule has 3 nitrogen and oxygen atoms in total. The van der Waals surface area contributed by atoms with Gasteiger partial charge in [-0.05, 0) is 69.0 Å². The maximum Gasteiger partial charge on any atom is 0.160 e. The molecular weight excluding hydrogens is 310 g/mol. The minimum Gasteiger partial charge on any atom is -0.459 e. The molecule has 3 heteroatoms. The molecule has 130 valence electrons. The van der Waals surface area contributed by atoms with E-state index in [1.165, 1.54) is 11.1 Å². The molecule has 0 bridgehead atoms. The van der Waals surface area contributed by atoms with Crippen molar-refractivity contribution in [1.29, 1.82) is 0 Å². The Bertz CT molecular complexity index is 904. The van der Waals surface area contributed by atoms with Gasteiger partial charge >= 0.3 is 0 Å². The number of carbonyl (C=O) groups excluding carboxylic acids is 1. The number of hydrogen-bond donors (Lipinski definition) is 1. The van der Waals surface area contributed by atoms with Crippen LogP contribution >= 0.6 is 0 Å². The summed E-state index contributed by atoms with van der Waals surface area (Å²) in [7, 11) is 0. The maximum absolute atomic E-state index is 12.0. The van der Waals surface area contributed by atoms with Gasteiger partial charge in [-0.2, -0.15) is 0 Å². The number of benzene rings is 2. The number of rotatable bonds is 5. The summed E-state index contributed by atoms with van der Waals surface area (Å²) < 4.78 is 5.94. The summed E-state index contributed by atoms with van der Waals surface area (Å²) in [6.07, 6.45) is 0. The highest BCUT2D eigenvalue weighted by Gasteiger charge is 2.16. The maximum atomic E-state index is 12.0. The smallest absolute Gasteiger partial charge is 0.160 e. The molecule has 3 aromatic rings. The second kappa shape index (κ2) is 6.85. The molecule has 0 fully saturated rings. The first-order chi connectivity index (χ1) is 11.9. The minimum absolute atomic E-state index is 0.0910. The normalized spacial score (nSPS) is 12.5. The van der Waals surface area contributed by atoms with Gasteiger partial charge in [0.15, 0.2) is 5.78 Å². The van der Waals surface area contributed by atoms with Gasteiger partial charge in [-0.15, -0.1) is 0 Å². The number of carbonyl (C=O) groups is 1. The highest BCUT2D eigenvalue weighted by atomic mass is 16.3. The highest BCUT2D eigenvalue weighted by Crippen LogP contribution is 2.26. The van der Waals surface area contributed by atoms with Crippen LogP contribution in [0.3, 0.4) is 0 Å². The van der Waals surface area contributed by atoms with Crippen molar-refractivity contribution in [1.82, 2.24) is 5.32 Å². The monoisotopic (exact) mass is 335 g/mol. The van der Waals surface area contributed by atoms with Crippen LogP contribution in [0.5, 0.6) is 0 Å². The summed E-state index contributed by atoms with van der Waals surface area (Å²) in [5, 5.41) is 4.66. The first-order valence-corrected chi connectivity index (χ1v) is 8.71. The Kier molecular flexibility index (Phi) is 4.78. The standard InChI is InChI=1S/C22H25NO2/c1-13-10-14(2)22(17(5)24)15(3)19(13)12-23-16(4)21-11-18-8-6-7-9-20(18)25-21/h6-11,16,23H,12H2,1-5H3. The fourth-order valence-corrected chi connectivity index (χ4v) is 3.61. The second-order valence-corrected chi connectivity index (χ2v) is 6.83. The fourth-order valence-electron chi connectivity index (χ4n) is 3.61. The van der Waals surface area contributed by atoms with E-state index in [2.05, 4.69) is 37.4 Å². The lowest BCUT2D eigenvalue weighted by atomic mass is 9.91. The van der Waals surface area contributed by atoms with Crippen molar-refractivity contribution in [2.45, 2.75) is 47.2 Å². The lowest BCUT2D eigenvalue weighted by Crippen LogP contribution is -2.20. The molecule has 0 aliphatic carbocycles. The number of fused-ring (bicyclic) bond motifs is 1. The Morgan fingerprint density at radius 2 is 1.84 bits per heavy atom. The number of ketones is 1. The number of furan rings is 1. The van der Waals surface area contributed by atoms with Crippen LogP contribution in [0.1, 0.15) is 58.3 Å². The Morgan fingerprint density at radius 3 is 2.52 bits per heavy atom. The van der Waals surface area contributed by atoms with Gasteiger partial charge in [0, 0.05) is 17.5 Å². The Labute approximate surface area is 149 Å². The van der Waals surface area contributed by atoms with Crippen molar-refractivity contribution in [3.63, 3.8) is 0 Å². The molecule has 1 unspecified atom stereocenters. The van der Waals surface area contributed by atoms with Crippen molar-refractivity contribution >= 4 is 16.8 Å². The molecular formula is C22H25NO2. The zero-order valence-corrected chi connectivity index (χ0v) is 15.6. The average molecular weight is 335 g/mol. The largest absolute Gasteiger partial charge is 0.459 e. The first kappa shape index (κ1) is 17.4. The van der Waals surface area contributed by atoms with E-state index in [-0.39, 0.29) is 11.8 Å². The van der Waals surface area contributed by atoms with Gasteiger partial charge in [-0.3, -0.25) is 4.79 Å². The van der Waals surface area contributed by atoms with Crippen LogP contribution in [0.15, 0.2) is 40.8 Å². The summed E-state index contributed by atoms with van der Waals surface area (Å²) in [5.74, 6) is 1.05. The Balaban J connectivity index is 1.83. The summed E-state index contributed by atoms with van der Waals surface area (Å²) in [4.78, 5) is 12.0. The SMILES string of the molecule is CC(=O)c1c(C)cc(C)c(CNC(C)c2cc3ccccc3o2)c1C. The topological polar surface area (TPSA) is 42.2 Å². The van der Waals surface area contributed by atoms with Gasteiger partial charge in [0.05, 0.1) is 6.04 Å². The van der Waals surface area contributed by atoms with E-state index in [0.717, 1.165) is 33.4 Å². The number of hydrogen-bond acceptors (Lipinski definition) is 3. The Hall–Kier alpha value is -2.39. The molecule has 0 radical (unpaired) electrons. The molecule has 1 N–H and O–H groups in total. The fraction of sp³-hybridized carbons (Fsp3) is 0.318. The molecule has 0 saturated heterocycles. The zero-order chi connectivity index (χ0) is 18.1. The van der Waals surface area contributed by atoms with Gasteiger partial charge in [0.25, 0.3) is 0 Å². The second-order valence-electron chi connectivity index (χ2n) is 6.83. The number of aryl methyl sites for hydroxylation is 2. The first-order valence-electron chi connectivity index (χ1n) is 8.71. The summed E-state index contributed by atoms with van der Waals surface area (Å²) >= 11 is 0. The van der Waals surface area contributed by atoms with Crippen LogP contribution in [0.25, 0.3) is 11.0 Å². The van der Waals surface area contributed by atoms with Gasteiger partial charge < -0.3 is 9.73 Å². The predicted molar refractivity (Wildman–Crippen MR) is 102 cm³/mol. The Morgan fingerprint density at radius 1 is 1.12 bits per heavy atom. The molecule has 1 aromatic heterocycles. The van der Waals surface area contributed by atoms with Gasteiger partial charge in [0.1, 0.15) is 11.3 Å². The van der Waals surface area contributed by atoms with Gasteiger partial charge in [0.2, 0.25) is 0 Å². The molecule has 0 saturated carbocycles. The van der Waals surface area contributed by atoms with E-state index in [4.69, 9.17) is 4.42 Å². The van der Waals surface area contributed by atoms with Crippen LogP contribution in [-0.2, 0) is 6.54 Å². The third-order valence-electron chi connectivity index (χ3n) is 4.94. The molecule has 0 amide bonds. The third kappa shape index (κ3) is 3.38. The molecule has 0 spiro atoms. The van der Waals surface area contributed by atoms with Crippen LogP contribution < -0.4 is 5.32 Å². The van der Waals surface area contributed by atoms with E-state index >= 15 is 0 Å². The lowest BCUT2D eigenvalue weighted by Gasteiger charge is -2.18. The van der Waals surface area contributed by atoms with Crippen molar-refractivity contribution in [2.75, 3.05) is 0 Å². The predicted octanol–water partition coefficient (Wildman–Crippen LogP) is 5.41. The van der Waals surface area contributed by atoms with E-state index < -0.39 is 0 Å². The molecule has 0 aliphatic rings. The van der Waals surface area contributed by atoms with Gasteiger partial charge in [-0.25, -0.2) is 0 Å².